The van der Waals surface area contributed by atoms with E-state index in [1.165, 1.54) is 0 Å². The standard InChI is InChI=1S/C16H18ClNO2/c1-11-7-8-12(17)9-16(11)20-10-14(18)13-5-3-4-6-15(13)19-2/h3-9,14H,10,18H2,1-2H3. The van der Waals surface area contributed by atoms with Gasteiger partial charge in [-0.05, 0) is 30.7 Å². The Morgan fingerprint density at radius 1 is 1.15 bits per heavy atom. The van der Waals surface area contributed by atoms with Gasteiger partial charge in [0.1, 0.15) is 18.1 Å². The van der Waals surface area contributed by atoms with Gasteiger partial charge in [0.15, 0.2) is 0 Å². The van der Waals surface area contributed by atoms with Crippen LogP contribution in [-0.4, -0.2) is 13.7 Å². The quantitative estimate of drug-likeness (QED) is 0.913. The van der Waals surface area contributed by atoms with E-state index in [-0.39, 0.29) is 6.04 Å². The average molecular weight is 292 g/mol. The van der Waals surface area contributed by atoms with Crippen molar-refractivity contribution in [3.63, 3.8) is 0 Å². The van der Waals surface area contributed by atoms with Crippen molar-refractivity contribution in [2.45, 2.75) is 13.0 Å². The highest BCUT2D eigenvalue weighted by Gasteiger charge is 2.12. The maximum absolute atomic E-state index is 6.17. The van der Waals surface area contributed by atoms with Crippen molar-refractivity contribution in [3.05, 3.63) is 58.6 Å². The van der Waals surface area contributed by atoms with Crippen LogP contribution in [0.15, 0.2) is 42.5 Å². The fourth-order valence-electron chi connectivity index (χ4n) is 1.97. The molecule has 0 aliphatic heterocycles. The van der Waals surface area contributed by atoms with Crippen molar-refractivity contribution in [1.82, 2.24) is 0 Å². The van der Waals surface area contributed by atoms with Crippen LogP contribution in [0.2, 0.25) is 5.02 Å². The van der Waals surface area contributed by atoms with Crippen LogP contribution in [0.25, 0.3) is 0 Å². The maximum Gasteiger partial charge on any atom is 0.123 e. The molecule has 2 aromatic carbocycles. The molecule has 0 radical (unpaired) electrons. The Morgan fingerprint density at radius 3 is 2.65 bits per heavy atom. The Balaban J connectivity index is 2.08. The summed E-state index contributed by atoms with van der Waals surface area (Å²) < 4.78 is 11.1. The van der Waals surface area contributed by atoms with E-state index in [2.05, 4.69) is 0 Å². The Kier molecular flexibility index (Phi) is 4.88. The van der Waals surface area contributed by atoms with E-state index in [0.29, 0.717) is 11.6 Å². The van der Waals surface area contributed by atoms with E-state index in [1.54, 1.807) is 13.2 Å². The number of aryl methyl sites for hydroxylation is 1. The van der Waals surface area contributed by atoms with Crippen LogP contribution in [0.1, 0.15) is 17.2 Å². The molecule has 0 fully saturated rings. The predicted molar refractivity (Wildman–Crippen MR) is 81.6 cm³/mol. The normalized spacial score (nSPS) is 12.0. The summed E-state index contributed by atoms with van der Waals surface area (Å²) in [4.78, 5) is 0. The van der Waals surface area contributed by atoms with Crippen molar-refractivity contribution >= 4 is 11.6 Å². The molecule has 0 aliphatic carbocycles. The number of hydrogen-bond acceptors (Lipinski definition) is 3. The van der Waals surface area contributed by atoms with Crippen LogP contribution in [0.5, 0.6) is 11.5 Å². The molecular formula is C16H18ClNO2. The topological polar surface area (TPSA) is 44.5 Å². The molecule has 2 rings (SSSR count). The number of methoxy groups -OCH3 is 1. The number of nitrogens with two attached hydrogens (primary N) is 1. The monoisotopic (exact) mass is 291 g/mol. The van der Waals surface area contributed by atoms with E-state index < -0.39 is 0 Å². The molecule has 0 saturated heterocycles. The molecule has 1 unspecified atom stereocenters. The molecule has 20 heavy (non-hydrogen) atoms. The van der Waals surface area contributed by atoms with Crippen LogP contribution < -0.4 is 15.2 Å². The van der Waals surface area contributed by atoms with E-state index >= 15 is 0 Å². The molecule has 0 aliphatic rings. The Bertz CT molecular complexity index is 586. The van der Waals surface area contributed by atoms with Gasteiger partial charge in [-0.1, -0.05) is 35.9 Å². The van der Waals surface area contributed by atoms with Gasteiger partial charge < -0.3 is 15.2 Å². The van der Waals surface area contributed by atoms with Crippen LogP contribution in [0.4, 0.5) is 0 Å². The second-order valence-electron chi connectivity index (χ2n) is 4.57. The Morgan fingerprint density at radius 2 is 1.90 bits per heavy atom. The minimum absolute atomic E-state index is 0.260. The fraction of sp³-hybridized carbons (Fsp3) is 0.250. The maximum atomic E-state index is 6.17. The molecule has 0 aromatic heterocycles. The zero-order valence-electron chi connectivity index (χ0n) is 11.6. The van der Waals surface area contributed by atoms with Crippen LogP contribution >= 0.6 is 11.6 Å². The number of ether oxygens (including phenoxy) is 2. The first-order chi connectivity index (χ1) is 9.61. The summed E-state index contributed by atoms with van der Waals surface area (Å²) in [7, 11) is 1.63. The zero-order valence-corrected chi connectivity index (χ0v) is 12.4. The highest BCUT2D eigenvalue weighted by molar-refractivity contribution is 6.30. The van der Waals surface area contributed by atoms with Crippen molar-refractivity contribution in [2.24, 2.45) is 5.73 Å². The third kappa shape index (κ3) is 3.44. The van der Waals surface area contributed by atoms with E-state index in [0.717, 1.165) is 22.6 Å². The lowest BCUT2D eigenvalue weighted by atomic mass is 10.1. The number of halogens is 1. The summed E-state index contributed by atoms with van der Waals surface area (Å²) in [5, 5.41) is 0.650. The first-order valence-corrected chi connectivity index (χ1v) is 6.77. The number of para-hydroxylation sites is 1. The van der Waals surface area contributed by atoms with Crippen LogP contribution in [0, 0.1) is 6.92 Å². The summed E-state index contributed by atoms with van der Waals surface area (Å²) in [6.07, 6.45) is 0. The van der Waals surface area contributed by atoms with Crippen LogP contribution in [-0.2, 0) is 0 Å². The van der Waals surface area contributed by atoms with Crippen LogP contribution in [0.3, 0.4) is 0 Å². The van der Waals surface area contributed by atoms with Crippen molar-refractivity contribution < 1.29 is 9.47 Å². The SMILES string of the molecule is COc1ccccc1C(N)COc1cc(Cl)ccc1C. The van der Waals surface area contributed by atoms with Gasteiger partial charge in [0.2, 0.25) is 0 Å². The van der Waals surface area contributed by atoms with Gasteiger partial charge in [-0.2, -0.15) is 0 Å². The highest BCUT2D eigenvalue weighted by Crippen LogP contribution is 2.26. The second kappa shape index (κ2) is 6.64. The molecule has 106 valence electrons. The first kappa shape index (κ1) is 14.7. The van der Waals surface area contributed by atoms with Gasteiger partial charge in [0.05, 0.1) is 13.2 Å². The van der Waals surface area contributed by atoms with E-state index in [1.807, 2.05) is 43.3 Å². The summed E-state index contributed by atoms with van der Waals surface area (Å²) >= 11 is 5.97. The number of rotatable bonds is 5. The molecule has 2 N–H and O–H groups in total. The molecule has 0 saturated carbocycles. The summed E-state index contributed by atoms with van der Waals surface area (Å²) in [5.74, 6) is 1.52. The number of benzene rings is 2. The zero-order chi connectivity index (χ0) is 14.5. The van der Waals surface area contributed by atoms with E-state index in [9.17, 15) is 0 Å². The fourth-order valence-corrected chi connectivity index (χ4v) is 2.13. The lowest BCUT2D eigenvalue weighted by Gasteiger charge is -2.17. The first-order valence-electron chi connectivity index (χ1n) is 6.39. The minimum atomic E-state index is -0.260. The summed E-state index contributed by atoms with van der Waals surface area (Å²) in [5.41, 5.74) is 8.12. The molecule has 2 aromatic rings. The average Bonchev–Trinajstić information content (AvgIpc) is 2.47. The Hall–Kier alpha value is -1.71. The van der Waals surface area contributed by atoms with Crippen molar-refractivity contribution in [1.29, 1.82) is 0 Å². The molecule has 3 nitrogen and oxygen atoms in total. The molecule has 0 heterocycles. The van der Waals surface area contributed by atoms with Gasteiger partial charge in [-0.3, -0.25) is 0 Å². The summed E-state index contributed by atoms with van der Waals surface area (Å²) in [6.45, 7) is 2.34. The predicted octanol–water partition coefficient (Wildman–Crippen LogP) is 3.74. The largest absolute Gasteiger partial charge is 0.496 e. The van der Waals surface area contributed by atoms with Gasteiger partial charge in [-0.25, -0.2) is 0 Å². The van der Waals surface area contributed by atoms with Gasteiger partial charge >= 0.3 is 0 Å². The van der Waals surface area contributed by atoms with Gasteiger partial charge in [-0.15, -0.1) is 0 Å². The Labute approximate surface area is 124 Å². The molecule has 4 heteroatoms. The minimum Gasteiger partial charge on any atom is -0.496 e. The molecule has 0 bridgehead atoms. The third-order valence-electron chi connectivity index (χ3n) is 3.11. The lowest BCUT2D eigenvalue weighted by Crippen LogP contribution is -2.20. The molecule has 1 atom stereocenters. The number of hydrogen-bond donors (Lipinski definition) is 1. The van der Waals surface area contributed by atoms with Crippen molar-refractivity contribution in [3.8, 4) is 11.5 Å². The smallest absolute Gasteiger partial charge is 0.123 e. The molecular weight excluding hydrogens is 274 g/mol. The van der Waals surface area contributed by atoms with E-state index in [4.69, 9.17) is 26.8 Å². The van der Waals surface area contributed by atoms with Gasteiger partial charge in [0.25, 0.3) is 0 Å². The molecule has 0 amide bonds. The third-order valence-corrected chi connectivity index (χ3v) is 3.34. The highest BCUT2D eigenvalue weighted by atomic mass is 35.5. The van der Waals surface area contributed by atoms with Gasteiger partial charge in [0, 0.05) is 10.6 Å². The second-order valence-corrected chi connectivity index (χ2v) is 5.01. The molecule has 0 spiro atoms. The van der Waals surface area contributed by atoms with Crippen molar-refractivity contribution in [2.75, 3.05) is 13.7 Å². The summed E-state index contributed by atoms with van der Waals surface area (Å²) in [6, 6.07) is 13.0. The lowest BCUT2D eigenvalue weighted by molar-refractivity contribution is 0.285.